The van der Waals surface area contributed by atoms with Gasteiger partial charge < -0.3 is 9.47 Å². The van der Waals surface area contributed by atoms with E-state index in [2.05, 4.69) is 9.97 Å². The highest BCUT2D eigenvalue weighted by Crippen LogP contribution is 2.14. The second-order valence-corrected chi connectivity index (χ2v) is 3.44. The predicted molar refractivity (Wildman–Crippen MR) is 51.1 cm³/mol. The van der Waals surface area contributed by atoms with E-state index >= 15 is 0 Å². The molecule has 76 valence electrons. The van der Waals surface area contributed by atoms with Crippen LogP contribution in [-0.4, -0.2) is 29.8 Å². The van der Waals surface area contributed by atoms with E-state index in [0.717, 1.165) is 19.6 Å². The van der Waals surface area contributed by atoms with Gasteiger partial charge in [0.15, 0.2) is 0 Å². The van der Waals surface area contributed by atoms with E-state index in [9.17, 15) is 0 Å². The van der Waals surface area contributed by atoms with Gasteiger partial charge >= 0.3 is 0 Å². The number of hydrogen-bond donors (Lipinski definition) is 0. The fourth-order valence-corrected chi connectivity index (χ4v) is 1.50. The summed E-state index contributed by atoms with van der Waals surface area (Å²) in [7, 11) is 0. The third kappa shape index (κ3) is 2.67. The molecule has 2 heterocycles. The maximum atomic E-state index is 5.49. The third-order valence-electron chi connectivity index (χ3n) is 2.26. The molecule has 0 spiro atoms. The summed E-state index contributed by atoms with van der Waals surface area (Å²) in [6.45, 7) is 2.38. The predicted octanol–water partition coefficient (Wildman–Crippen LogP) is 1.28. The Morgan fingerprint density at radius 3 is 3.21 bits per heavy atom. The maximum absolute atomic E-state index is 5.49. The van der Waals surface area contributed by atoms with Gasteiger partial charge in [-0.05, 0) is 12.8 Å². The fraction of sp³-hybridized carbons (Fsp3) is 0.600. The van der Waals surface area contributed by atoms with Crippen LogP contribution < -0.4 is 4.74 Å². The normalized spacial score (nSPS) is 21.9. The van der Waals surface area contributed by atoms with Gasteiger partial charge in [-0.15, -0.1) is 0 Å². The Bertz CT molecular complexity index is 260. The zero-order valence-corrected chi connectivity index (χ0v) is 8.06. The standard InChI is InChI=1S/C10H14N2O2/c1-2-9(7-13-5-1)8-14-10-6-11-3-4-12-10/h3-4,6,9H,1-2,5,7-8H2. The summed E-state index contributed by atoms with van der Waals surface area (Å²) in [6, 6.07) is 0. The monoisotopic (exact) mass is 194 g/mol. The molecule has 1 saturated heterocycles. The van der Waals surface area contributed by atoms with Crippen molar-refractivity contribution in [1.29, 1.82) is 0 Å². The summed E-state index contributed by atoms with van der Waals surface area (Å²) < 4.78 is 10.8. The molecular weight excluding hydrogens is 180 g/mol. The van der Waals surface area contributed by atoms with E-state index in [1.165, 1.54) is 6.42 Å². The summed E-state index contributed by atoms with van der Waals surface area (Å²) in [4.78, 5) is 7.97. The van der Waals surface area contributed by atoms with Gasteiger partial charge in [-0.25, -0.2) is 4.98 Å². The van der Waals surface area contributed by atoms with E-state index in [1.807, 2.05) is 0 Å². The molecule has 1 aromatic heterocycles. The van der Waals surface area contributed by atoms with Crippen molar-refractivity contribution in [3.63, 3.8) is 0 Å². The van der Waals surface area contributed by atoms with Crippen molar-refractivity contribution in [2.45, 2.75) is 12.8 Å². The first kappa shape index (κ1) is 9.40. The quantitative estimate of drug-likeness (QED) is 0.727. The molecule has 4 heteroatoms. The van der Waals surface area contributed by atoms with Crippen LogP contribution in [0.5, 0.6) is 5.88 Å². The molecule has 0 bridgehead atoms. The molecule has 1 aliphatic heterocycles. The largest absolute Gasteiger partial charge is 0.476 e. The molecule has 0 saturated carbocycles. The number of ether oxygens (including phenoxy) is 2. The zero-order chi connectivity index (χ0) is 9.64. The molecule has 0 aliphatic carbocycles. The van der Waals surface area contributed by atoms with Gasteiger partial charge in [-0.1, -0.05) is 0 Å². The Balaban J connectivity index is 1.76. The van der Waals surface area contributed by atoms with Gasteiger partial charge in [-0.3, -0.25) is 4.98 Å². The lowest BCUT2D eigenvalue weighted by Crippen LogP contribution is -2.23. The number of nitrogens with zero attached hydrogens (tertiary/aromatic N) is 2. The first-order valence-corrected chi connectivity index (χ1v) is 4.92. The Labute approximate surface area is 83.3 Å². The molecule has 0 N–H and O–H groups in total. The van der Waals surface area contributed by atoms with E-state index < -0.39 is 0 Å². The molecule has 0 radical (unpaired) electrons. The Kier molecular flexibility index (Phi) is 3.29. The van der Waals surface area contributed by atoms with Crippen molar-refractivity contribution in [2.24, 2.45) is 5.92 Å². The summed E-state index contributed by atoms with van der Waals surface area (Å²) in [5.74, 6) is 1.10. The molecular formula is C10H14N2O2. The van der Waals surface area contributed by atoms with Crippen molar-refractivity contribution >= 4 is 0 Å². The van der Waals surface area contributed by atoms with Crippen molar-refractivity contribution in [2.75, 3.05) is 19.8 Å². The molecule has 0 amide bonds. The average molecular weight is 194 g/mol. The Morgan fingerprint density at radius 2 is 2.50 bits per heavy atom. The van der Waals surface area contributed by atoms with Crippen LogP contribution in [0.1, 0.15) is 12.8 Å². The topological polar surface area (TPSA) is 44.2 Å². The zero-order valence-electron chi connectivity index (χ0n) is 8.06. The maximum Gasteiger partial charge on any atom is 0.232 e. The van der Waals surface area contributed by atoms with Gasteiger partial charge in [0.05, 0.1) is 19.4 Å². The third-order valence-corrected chi connectivity index (χ3v) is 2.26. The highest BCUT2D eigenvalue weighted by Gasteiger charge is 2.14. The number of rotatable bonds is 3. The highest BCUT2D eigenvalue weighted by molar-refractivity contribution is 5.01. The van der Waals surface area contributed by atoms with Gasteiger partial charge in [0.25, 0.3) is 0 Å². The molecule has 1 fully saturated rings. The minimum atomic E-state index is 0.505. The Hall–Kier alpha value is -1.16. The van der Waals surface area contributed by atoms with E-state index in [0.29, 0.717) is 18.4 Å². The lowest BCUT2D eigenvalue weighted by atomic mass is 10.0. The first-order chi connectivity index (χ1) is 6.95. The Morgan fingerprint density at radius 1 is 1.50 bits per heavy atom. The lowest BCUT2D eigenvalue weighted by Gasteiger charge is -2.21. The van der Waals surface area contributed by atoms with Gasteiger partial charge in [-0.2, -0.15) is 0 Å². The highest BCUT2D eigenvalue weighted by atomic mass is 16.5. The van der Waals surface area contributed by atoms with Gasteiger partial charge in [0.2, 0.25) is 5.88 Å². The fourth-order valence-electron chi connectivity index (χ4n) is 1.50. The molecule has 1 unspecified atom stereocenters. The lowest BCUT2D eigenvalue weighted by molar-refractivity contribution is 0.0343. The molecule has 0 aromatic carbocycles. The van der Waals surface area contributed by atoms with Crippen LogP contribution in [0.2, 0.25) is 0 Å². The van der Waals surface area contributed by atoms with E-state index in [-0.39, 0.29) is 0 Å². The van der Waals surface area contributed by atoms with Crippen LogP contribution in [0.25, 0.3) is 0 Å². The van der Waals surface area contributed by atoms with Crippen LogP contribution in [0.3, 0.4) is 0 Å². The second-order valence-electron chi connectivity index (χ2n) is 3.44. The van der Waals surface area contributed by atoms with Gasteiger partial charge in [0.1, 0.15) is 0 Å². The molecule has 1 atom stereocenters. The summed E-state index contributed by atoms with van der Waals surface area (Å²) in [5.41, 5.74) is 0. The number of aromatic nitrogens is 2. The van der Waals surface area contributed by atoms with E-state index in [1.54, 1.807) is 18.6 Å². The van der Waals surface area contributed by atoms with Crippen LogP contribution in [0.15, 0.2) is 18.6 Å². The van der Waals surface area contributed by atoms with Gasteiger partial charge in [0, 0.05) is 24.9 Å². The molecule has 2 rings (SSSR count). The molecule has 14 heavy (non-hydrogen) atoms. The molecule has 4 nitrogen and oxygen atoms in total. The average Bonchev–Trinajstić information content (AvgIpc) is 2.29. The molecule has 1 aliphatic rings. The smallest absolute Gasteiger partial charge is 0.232 e. The van der Waals surface area contributed by atoms with Crippen LogP contribution in [-0.2, 0) is 4.74 Å². The second kappa shape index (κ2) is 4.91. The SMILES string of the molecule is c1cnc(OCC2CCCOC2)cn1. The van der Waals surface area contributed by atoms with E-state index in [4.69, 9.17) is 9.47 Å². The summed E-state index contributed by atoms with van der Waals surface area (Å²) >= 11 is 0. The van der Waals surface area contributed by atoms with Crippen LogP contribution in [0, 0.1) is 5.92 Å². The van der Waals surface area contributed by atoms with Crippen LogP contribution in [0.4, 0.5) is 0 Å². The van der Waals surface area contributed by atoms with Crippen molar-refractivity contribution < 1.29 is 9.47 Å². The first-order valence-electron chi connectivity index (χ1n) is 4.92. The van der Waals surface area contributed by atoms with Crippen molar-refractivity contribution in [3.05, 3.63) is 18.6 Å². The minimum Gasteiger partial charge on any atom is -0.476 e. The summed E-state index contributed by atoms with van der Waals surface area (Å²) in [5, 5.41) is 0. The van der Waals surface area contributed by atoms with Crippen molar-refractivity contribution in [3.8, 4) is 5.88 Å². The van der Waals surface area contributed by atoms with Crippen LogP contribution >= 0.6 is 0 Å². The number of hydrogen-bond acceptors (Lipinski definition) is 4. The van der Waals surface area contributed by atoms with Crippen molar-refractivity contribution in [1.82, 2.24) is 9.97 Å². The molecule has 1 aromatic rings. The minimum absolute atomic E-state index is 0.505. The summed E-state index contributed by atoms with van der Waals surface area (Å²) in [6.07, 6.45) is 7.21.